The van der Waals surface area contributed by atoms with Gasteiger partial charge in [-0.05, 0) is 55.8 Å². The summed E-state index contributed by atoms with van der Waals surface area (Å²) < 4.78 is 26.7. The van der Waals surface area contributed by atoms with Gasteiger partial charge in [0.05, 0.1) is 6.04 Å². The van der Waals surface area contributed by atoms with Gasteiger partial charge in [0.15, 0.2) is 0 Å². The van der Waals surface area contributed by atoms with E-state index in [1.165, 1.54) is 18.2 Å². The van der Waals surface area contributed by atoms with Crippen LogP contribution in [-0.2, 0) is 4.79 Å². The lowest BCUT2D eigenvalue weighted by atomic mass is 10.1. The van der Waals surface area contributed by atoms with Crippen LogP contribution in [0.25, 0.3) is 0 Å². The number of hydrogen-bond donors (Lipinski definition) is 1. The van der Waals surface area contributed by atoms with Crippen LogP contribution >= 0.6 is 0 Å². The minimum Gasteiger partial charge on any atom is -0.369 e. The van der Waals surface area contributed by atoms with E-state index in [0.717, 1.165) is 31.9 Å². The molecule has 1 aliphatic heterocycles. The maximum Gasteiger partial charge on any atom is 0.241 e. The molecule has 0 spiro atoms. The summed E-state index contributed by atoms with van der Waals surface area (Å²) in [4.78, 5) is 16.7. The molecule has 1 N–H and O–H groups in total. The van der Waals surface area contributed by atoms with Gasteiger partial charge in [-0.1, -0.05) is 6.07 Å². The Bertz CT molecular complexity index is 771. The molecule has 26 heavy (non-hydrogen) atoms. The molecule has 1 saturated heterocycles. The van der Waals surface area contributed by atoms with Gasteiger partial charge < -0.3 is 10.2 Å². The van der Waals surface area contributed by atoms with Gasteiger partial charge >= 0.3 is 0 Å². The first-order valence-corrected chi connectivity index (χ1v) is 8.75. The first kappa shape index (κ1) is 18.3. The predicted molar refractivity (Wildman–Crippen MR) is 99.4 cm³/mol. The first-order chi connectivity index (χ1) is 12.4. The number of amides is 1. The van der Waals surface area contributed by atoms with Crippen molar-refractivity contribution in [1.82, 2.24) is 4.90 Å². The van der Waals surface area contributed by atoms with E-state index in [9.17, 15) is 13.6 Å². The number of hydrogen-bond acceptors (Lipinski definition) is 3. The minimum atomic E-state index is -0.330. The fraction of sp³-hybridized carbons (Fsp3) is 0.350. The van der Waals surface area contributed by atoms with E-state index < -0.39 is 0 Å². The molecule has 0 saturated carbocycles. The van der Waals surface area contributed by atoms with Gasteiger partial charge in [0.25, 0.3) is 0 Å². The molecular formula is C20H23F2N3O. The maximum atomic E-state index is 13.6. The molecule has 138 valence electrons. The van der Waals surface area contributed by atoms with Gasteiger partial charge in [-0.25, -0.2) is 8.78 Å². The Morgan fingerprint density at radius 1 is 1.04 bits per heavy atom. The quantitative estimate of drug-likeness (QED) is 0.909. The third kappa shape index (κ3) is 4.19. The lowest BCUT2D eigenvalue weighted by molar-refractivity contribution is -0.120. The van der Waals surface area contributed by atoms with Crippen molar-refractivity contribution in [3.8, 4) is 0 Å². The fourth-order valence-electron chi connectivity index (χ4n) is 3.10. The highest BCUT2D eigenvalue weighted by Crippen LogP contribution is 2.19. The van der Waals surface area contributed by atoms with Gasteiger partial charge in [-0.15, -0.1) is 0 Å². The molecule has 2 aromatic carbocycles. The van der Waals surface area contributed by atoms with Gasteiger partial charge in [-0.3, -0.25) is 9.69 Å². The summed E-state index contributed by atoms with van der Waals surface area (Å²) in [6.07, 6.45) is 0. The van der Waals surface area contributed by atoms with Gasteiger partial charge in [0, 0.05) is 37.6 Å². The number of carbonyl (C=O) groups excluding carboxylic acids is 1. The number of halogens is 2. The second-order valence-corrected chi connectivity index (χ2v) is 6.63. The molecule has 0 bridgehead atoms. The van der Waals surface area contributed by atoms with Crippen LogP contribution in [0.1, 0.15) is 12.5 Å². The third-order valence-electron chi connectivity index (χ3n) is 4.87. The van der Waals surface area contributed by atoms with Crippen molar-refractivity contribution in [3.05, 3.63) is 59.7 Å². The Kier molecular flexibility index (Phi) is 5.52. The van der Waals surface area contributed by atoms with Gasteiger partial charge in [0.1, 0.15) is 11.6 Å². The second-order valence-electron chi connectivity index (χ2n) is 6.63. The van der Waals surface area contributed by atoms with Crippen LogP contribution in [-0.4, -0.2) is 43.0 Å². The van der Waals surface area contributed by atoms with Gasteiger partial charge in [0.2, 0.25) is 5.91 Å². The Morgan fingerprint density at radius 2 is 1.69 bits per heavy atom. The molecule has 0 unspecified atom stereocenters. The molecule has 0 aliphatic carbocycles. The van der Waals surface area contributed by atoms with E-state index in [-0.39, 0.29) is 23.6 Å². The molecule has 1 atom stereocenters. The molecular weight excluding hydrogens is 336 g/mol. The maximum absolute atomic E-state index is 13.6. The highest BCUT2D eigenvalue weighted by Gasteiger charge is 2.25. The summed E-state index contributed by atoms with van der Waals surface area (Å²) in [6, 6.07) is 10.8. The largest absolute Gasteiger partial charge is 0.369 e. The molecule has 1 fully saturated rings. The van der Waals surface area contributed by atoms with Crippen LogP contribution in [0, 0.1) is 18.6 Å². The van der Waals surface area contributed by atoms with E-state index in [4.69, 9.17) is 0 Å². The van der Waals surface area contributed by atoms with Crippen LogP contribution in [0.15, 0.2) is 42.5 Å². The number of piperazine rings is 1. The molecule has 6 heteroatoms. The van der Waals surface area contributed by atoms with Crippen LogP contribution in [0.3, 0.4) is 0 Å². The van der Waals surface area contributed by atoms with Crippen molar-refractivity contribution in [2.75, 3.05) is 36.4 Å². The number of carbonyl (C=O) groups is 1. The number of benzene rings is 2. The zero-order valence-corrected chi connectivity index (χ0v) is 15.0. The van der Waals surface area contributed by atoms with Crippen molar-refractivity contribution < 1.29 is 13.6 Å². The van der Waals surface area contributed by atoms with E-state index >= 15 is 0 Å². The molecule has 4 nitrogen and oxygen atoms in total. The molecule has 1 aliphatic rings. The van der Waals surface area contributed by atoms with Crippen molar-refractivity contribution in [2.24, 2.45) is 0 Å². The zero-order chi connectivity index (χ0) is 18.7. The molecule has 0 aromatic heterocycles. The Balaban J connectivity index is 1.55. The Labute approximate surface area is 152 Å². The number of anilines is 2. The highest BCUT2D eigenvalue weighted by molar-refractivity contribution is 5.94. The average Bonchev–Trinajstić information content (AvgIpc) is 2.65. The summed E-state index contributed by atoms with van der Waals surface area (Å²) >= 11 is 0. The average molecular weight is 359 g/mol. The molecule has 2 aromatic rings. The van der Waals surface area contributed by atoms with Crippen molar-refractivity contribution in [1.29, 1.82) is 0 Å². The smallest absolute Gasteiger partial charge is 0.241 e. The summed E-state index contributed by atoms with van der Waals surface area (Å²) in [5, 5.41) is 2.78. The normalized spacial score (nSPS) is 16.4. The first-order valence-electron chi connectivity index (χ1n) is 8.75. The lowest BCUT2D eigenvalue weighted by Crippen LogP contribution is -2.52. The van der Waals surface area contributed by atoms with Crippen LogP contribution in [0.2, 0.25) is 0 Å². The van der Waals surface area contributed by atoms with E-state index in [1.54, 1.807) is 31.2 Å². The fourth-order valence-corrected chi connectivity index (χ4v) is 3.10. The molecule has 3 rings (SSSR count). The Hall–Kier alpha value is -2.47. The van der Waals surface area contributed by atoms with Crippen molar-refractivity contribution in [2.45, 2.75) is 19.9 Å². The number of rotatable bonds is 4. The summed E-state index contributed by atoms with van der Waals surface area (Å²) in [5.41, 5.74) is 2.00. The lowest BCUT2D eigenvalue weighted by Gasteiger charge is -2.38. The van der Waals surface area contributed by atoms with E-state index in [0.29, 0.717) is 11.3 Å². The van der Waals surface area contributed by atoms with E-state index in [2.05, 4.69) is 15.1 Å². The zero-order valence-electron chi connectivity index (χ0n) is 15.0. The van der Waals surface area contributed by atoms with Crippen molar-refractivity contribution >= 4 is 17.3 Å². The predicted octanol–water partition coefficient (Wildman–Crippen LogP) is 3.42. The number of nitrogens with one attached hydrogen (secondary N) is 1. The van der Waals surface area contributed by atoms with Crippen molar-refractivity contribution in [3.63, 3.8) is 0 Å². The topological polar surface area (TPSA) is 35.6 Å². The summed E-state index contributed by atoms with van der Waals surface area (Å²) in [7, 11) is 0. The van der Waals surface area contributed by atoms with Crippen LogP contribution in [0.5, 0.6) is 0 Å². The monoisotopic (exact) mass is 359 g/mol. The van der Waals surface area contributed by atoms with E-state index in [1.807, 2.05) is 6.92 Å². The summed E-state index contributed by atoms with van der Waals surface area (Å²) in [5.74, 6) is -0.725. The Morgan fingerprint density at radius 3 is 2.31 bits per heavy atom. The molecule has 1 amide bonds. The molecule has 0 radical (unpaired) electrons. The standard InChI is InChI=1S/C20H23F2N3O/c1-14-3-6-17(13-19(14)22)23-20(26)15(2)24-9-11-25(12-10-24)18-7-4-16(21)5-8-18/h3-8,13,15H,9-12H2,1-2H3,(H,23,26)/t15-/m1/s1. The minimum absolute atomic E-state index is 0.150. The number of nitrogens with zero attached hydrogens (tertiary/aromatic N) is 2. The molecule has 1 heterocycles. The number of aryl methyl sites for hydroxylation is 1. The summed E-state index contributed by atoms with van der Waals surface area (Å²) in [6.45, 7) is 6.53. The second kappa shape index (κ2) is 7.83. The SMILES string of the molecule is Cc1ccc(NC(=O)[C@@H](C)N2CCN(c3ccc(F)cc3)CC2)cc1F. The van der Waals surface area contributed by atoms with Crippen LogP contribution < -0.4 is 10.2 Å². The van der Waals surface area contributed by atoms with Crippen LogP contribution in [0.4, 0.5) is 20.2 Å². The third-order valence-corrected chi connectivity index (χ3v) is 4.87. The van der Waals surface area contributed by atoms with Gasteiger partial charge in [-0.2, -0.15) is 0 Å². The highest BCUT2D eigenvalue weighted by atomic mass is 19.1.